The first-order chi connectivity index (χ1) is 12.0. The second-order valence-corrected chi connectivity index (χ2v) is 5.47. The normalized spacial score (nSPS) is 11.3. The van der Waals surface area contributed by atoms with Crippen LogP contribution in [0.2, 0.25) is 0 Å². The lowest BCUT2D eigenvalue weighted by Gasteiger charge is -2.18. The minimum absolute atomic E-state index is 0.222. The summed E-state index contributed by atoms with van der Waals surface area (Å²) >= 11 is 0. The smallest absolute Gasteiger partial charge is 0.258 e. The summed E-state index contributed by atoms with van der Waals surface area (Å²) in [4.78, 5) is 24.3. The van der Waals surface area contributed by atoms with Crippen molar-refractivity contribution in [2.75, 3.05) is 20.8 Å². The zero-order valence-electron chi connectivity index (χ0n) is 14.5. The van der Waals surface area contributed by atoms with Gasteiger partial charge in [-0.15, -0.1) is 0 Å². The van der Waals surface area contributed by atoms with Gasteiger partial charge in [0.15, 0.2) is 18.1 Å². The third kappa shape index (κ3) is 4.97. The van der Waals surface area contributed by atoms with Crippen LogP contribution in [0.1, 0.15) is 17.2 Å². The van der Waals surface area contributed by atoms with Crippen molar-refractivity contribution < 1.29 is 19.1 Å². The predicted molar refractivity (Wildman–Crippen MR) is 94.6 cm³/mol. The molecular weight excluding hydrogens is 320 g/mol. The van der Waals surface area contributed by atoms with E-state index >= 15 is 0 Å². The van der Waals surface area contributed by atoms with Crippen LogP contribution in [0, 0.1) is 6.92 Å². The van der Waals surface area contributed by atoms with Crippen LogP contribution in [0.4, 0.5) is 0 Å². The zero-order valence-corrected chi connectivity index (χ0v) is 14.5. The van der Waals surface area contributed by atoms with Gasteiger partial charge in [0.25, 0.3) is 5.91 Å². The van der Waals surface area contributed by atoms with Gasteiger partial charge in [-0.2, -0.15) is 0 Å². The van der Waals surface area contributed by atoms with E-state index in [0.29, 0.717) is 17.1 Å². The van der Waals surface area contributed by atoms with Crippen molar-refractivity contribution in [2.24, 2.45) is 0 Å². The number of hydrogen-bond acceptors (Lipinski definition) is 4. The quantitative estimate of drug-likeness (QED) is 0.807. The maximum absolute atomic E-state index is 12.2. The van der Waals surface area contributed by atoms with Crippen LogP contribution in [0.15, 0.2) is 48.5 Å². The van der Waals surface area contributed by atoms with Crippen LogP contribution in [0.3, 0.4) is 0 Å². The number of aryl methyl sites for hydroxylation is 1. The molecule has 25 heavy (non-hydrogen) atoms. The van der Waals surface area contributed by atoms with E-state index in [2.05, 4.69) is 10.6 Å². The number of likely N-dealkylation sites (N-methyl/N-ethyl adjacent to an activating group) is 1. The van der Waals surface area contributed by atoms with E-state index in [-0.39, 0.29) is 12.5 Å². The van der Waals surface area contributed by atoms with Gasteiger partial charge in [-0.25, -0.2) is 0 Å². The minimum Gasteiger partial charge on any atom is -0.493 e. The summed E-state index contributed by atoms with van der Waals surface area (Å²) in [6.45, 7) is 1.71. The van der Waals surface area contributed by atoms with Crippen LogP contribution < -0.4 is 20.1 Å². The maximum Gasteiger partial charge on any atom is 0.258 e. The van der Waals surface area contributed by atoms with E-state index in [0.717, 1.165) is 5.56 Å². The molecule has 0 spiro atoms. The molecule has 132 valence electrons. The average Bonchev–Trinajstić information content (AvgIpc) is 2.65. The second-order valence-electron chi connectivity index (χ2n) is 5.47. The third-order valence-corrected chi connectivity index (χ3v) is 3.62. The molecule has 0 saturated carbocycles. The molecule has 2 aromatic carbocycles. The summed E-state index contributed by atoms with van der Waals surface area (Å²) in [5.41, 5.74) is 1.72. The standard InChI is InChI=1S/C19H22N2O4/c1-13-9-10-15(16(11-13)24-3)25-12-17(22)21-18(19(23)20-2)14-7-5-4-6-8-14/h4-11,18H,12H2,1-3H3,(H,20,23)(H,21,22)/t18-/m0/s1. The highest BCUT2D eigenvalue weighted by molar-refractivity contribution is 5.89. The molecule has 0 aliphatic carbocycles. The first kappa shape index (κ1) is 18.3. The van der Waals surface area contributed by atoms with Crippen molar-refractivity contribution in [2.45, 2.75) is 13.0 Å². The Morgan fingerprint density at radius 1 is 1.08 bits per heavy atom. The summed E-state index contributed by atoms with van der Waals surface area (Å²) in [5, 5.41) is 5.24. The van der Waals surface area contributed by atoms with Gasteiger partial charge < -0.3 is 20.1 Å². The molecule has 2 amide bonds. The molecule has 0 aliphatic rings. The van der Waals surface area contributed by atoms with E-state index < -0.39 is 11.9 Å². The SMILES string of the molecule is CNC(=O)[C@@H](NC(=O)COc1ccc(C)cc1OC)c1ccccc1. The van der Waals surface area contributed by atoms with Crippen molar-refractivity contribution in [3.63, 3.8) is 0 Å². The average molecular weight is 342 g/mol. The monoisotopic (exact) mass is 342 g/mol. The van der Waals surface area contributed by atoms with Gasteiger partial charge in [-0.1, -0.05) is 36.4 Å². The highest BCUT2D eigenvalue weighted by Crippen LogP contribution is 2.27. The first-order valence-corrected chi connectivity index (χ1v) is 7.88. The third-order valence-electron chi connectivity index (χ3n) is 3.62. The summed E-state index contributed by atoms with van der Waals surface area (Å²) in [5.74, 6) is 0.325. The topological polar surface area (TPSA) is 76.7 Å². The Hall–Kier alpha value is -3.02. The fourth-order valence-electron chi connectivity index (χ4n) is 2.33. The summed E-state index contributed by atoms with van der Waals surface area (Å²) < 4.78 is 10.8. The molecule has 0 aliphatic heterocycles. The molecule has 2 rings (SSSR count). The highest BCUT2D eigenvalue weighted by Gasteiger charge is 2.21. The van der Waals surface area contributed by atoms with Gasteiger partial charge in [0, 0.05) is 7.05 Å². The fraction of sp³-hybridized carbons (Fsp3) is 0.263. The lowest BCUT2D eigenvalue weighted by atomic mass is 10.1. The summed E-state index contributed by atoms with van der Waals surface area (Å²) in [7, 11) is 3.07. The molecule has 0 unspecified atom stereocenters. The number of rotatable bonds is 7. The van der Waals surface area contributed by atoms with Crippen molar-refractivity contribution in [1.82, 2.24) is 10.6 Å². The van der Waals surface area contributed by atoms with Gasteiger partial charge in [-0.3, -0.25) is 9.59 Å². The van der Waals surface area contributed by atoms with Crippen molar-refractivity contribution in [3.05, 3.63) is 59.7 Å². The van der Waals surface area contributed by atoms with Crippen molar-refractivity contribution in [3.8, 4) is 11.5 Å². The molecule has 6 heteroatoms. The van der Waals surface area contributed by atoms with Crippen molar-refractivity contribution >= 4 is 11.8 Å². The number of ether oxygens (including phenoxy) is 2. The molecule has 2 aromatic rings. The van der Waals surface area contributed by atoms with E-state index in [9.17, 15) is 9.59 Å². The highest BCUT2D eigenvalue weighted by atomic mass is 16.5. The van der Waals surface area contributed by atoms with E-state index in [4.69, 9.17) is 9.47 Å². The first-order valence-electron chi connectivity index (χ1n) is 7.88. The van der Waals surface area contributed by atoms with Crippen LogP contribution in [0.25, 0.3) is 0 Å². The number of carbonyl (C=O) groups is 2. The molecule has 6 nitrogen and oxygen atoms in total. The molecular formula is C19H22N2O4. The van der Waals surface area contributed by atoms with Crippen molar-refractivity contribution in [1.29, 1.82) is 0 Å². The van der Waals surface area contributed by atoms with Crippen LogP contribution in [-0.4, -0.2) is 32.6 Å². The number of methoxy groups -OCH3 is 1. The Balaban J connectivity index is 2.03. The van der Waals surface area contributed by atoms with Gasteiger partial charge in [0.05, 0.1) is 7.11 Å². The summed E-state index contributed by atoms with van der Waals surface area (Å²) in [6, 6.07) is 13.7. The molecule has 0 radical (unpaired) electrons. The van der Waals surface area contributed by atoms with E-state index in [1.54, 1.807) is 25.3 Å². The van der Waals surface area contributed by atoms with Gasteiger partial charge in [0.2, 0.25) is 5.91 Å². The number of nitrogens with one attached hydrogen (secondary N) is 2. The number of carbonyl (C=O) groups excluding carboxylic acids is 2. The Labute approximate surface area is 147 Å². The molecule has 2 N–H and O–H groups in total. The number of benzene rings is 2. The maximum atomic E-state index is 12.2. The Kier molecular flexibility index (Phi) is 6.39. The van der Waals surface area contributed by atoms with Gasteiger partial charge in [-0.05, 0) is 30.2 Å². The zero-order chi connectivity index (χ0) is 18.2. The van der Waals surface area contributed by atoms with Crippen LogP contribution in [0.5, 0.6) is 11.5 Å². The molecule has 0 fully saturated rings. The lowest BCUT2D eigenvalue weighted by Crippen LogP contribution is -2.41. The molecule has 0 heterocycles. The molecule has 0 bridgehead atoms. The van der Waals surface area contributed by atoms with E-state index in [1.807, 2.05) is 37.3 Å². The van der Waals surface area contributed by atoms with Gasteiger partial charge >= 0.3 is 0 Å². The molecule has 0 aromatic heterocycles. The van der Waals surface area contributed by atoms with Gasteiger partial charge in [0.1, 0.15) is 6.04 Å². The predicted octanol–water partition coefficient (Wildman–Crippen LogP) is 1.99. The molecule has 1 atom stereocenters. The second kappa shape index (κ2) is 8.73. The largest absolute Gasteiger partial charge is 0.493 e. The Morgan fingerprint density at radius 2 is 1.80 bits per heavy atom. The Morgan fingerprint density at radius 3 is 2.44 bits per heavy atom. The molecule has 0 saturated heterocycles. The van der Waals surface area contributed by atoms with E-state index in [1.165, 1.54) is 7.05 Å². The lowest BCUT2D eigenvalue weighted by molar-refractivity contribution is -0.129. The Bertz CT molecular complexity index is 731. The number of hydrogen-bond donors (Lipinski definition) is 2. The summed E-state index contributed by atoms with van der Waals surface area (Å²) in [6.07, 6.45) is 0. The number of amides is 2. The minimum atomic E-state index is -0.776. The van der Waals surface area contributed by atoms with Crippen LogP contribution in [-0.2, 0) is 9.59 Å². The fourth-order valence-corrected chi connectivity index (χ4v) is 2.33. The van der Waals surface area contributed by atoms with Crippen LogP contribution >= 0.6 is 0 Å².